The highest BCUT2D eigenvalue weighted by atomic mass is 19.1. The quantitative estimate of drug-likeness (QED) is 0.605. The average Bonchev–Trinajstić information content (AvgIpc) is 3.41. The molecule has 0 spiro atoms. The fourth-order valence-electron chi connectivity index (χ4n) is 3.54. The summed E-state index contributed by atoms with van der Waals surface area (Å²) in [5, 5.41) is 6.98. The van der Waals surface area contributed by atoms with E-state index in [-0.39, 0.29) is 23.4 Å². The Balaban J connectivity index is 1.41. The predicted octanol–water partition coefficient (Wildman–Crippen LogP) is 2.94. The molecule has 1 N–H and O–H groups in total. The van der Waals surface area contributed by atoms with Crippen molar-refractivity contribution in [1.29, 1.82) is 0 Å². The molecule has 0 unspecified atom stereocenters. The van der Waals surface area contributed by atoms with E-state index in [1.165, 1.54) is 22.4 Å². The largest absolute Gasteiger partial charge is 0.364 e. The van der Waals surface area contributed by atoms with Gasteiger partial charge in [-0.2, -0.15) is 0 Å². The van der Waals surface area contributed by atoms with Crippen molar-refractivity contribution < 1.29 is 13.7 Å². The van der Waals surface area contributed by atoms with Gasteiger partial charge in [-0.15, -0.1) is 0 Å². The number of carbonyl (C=O) groups is 1. The van der Waals surface area contributed by atoms with Crippen LogP contribution in [0, 0.1) is 5.82 Å². The minimum Gasteiger partial charge on any atom is -0.364 e. The highest BCUT2D eigenvalue weighted by molar-refractivity contribution is 5.93. The van der Waals surface area contributed by atoms with E-state index < -0.39 is 5.82 Å². The smallest absolute Gasteiger partial charge is 0.270 e. The SMILES string of the molecule is O=C(N[C@@H]1CCc2cc(-c3ccon3)ccc21)c1cnc2ncc(F)cn12. The van der Waals surface area contributed by atoms with E-state index in [0.29, 0.717) is 0 Å². The molecule has 0 bridgehead atoms. The van der Waals surface area contributed by atoms with E-state index in [1.807, 2.05) is 18.2 Å². The molecule has 0 saturated carbocycles. The summed E-state index contributed by atoms with van der Waals surface area (Å²) in [5.74, 6) is -0.555. The predicted molar refractivity (Wildman–Crippen MR) is 93.4 cm³/mol. The topological polar surface area (TPSA) is 85.3 Å². The first-order valence-electron chi connectivity index (χ1n) is 8.52. The molecule has 27 heavy (non-hydrogen) atoms. The normalized spacial score (nSPS) is 15.8. The Kier molecular flexibility index (Phi) is 3.49. The second-order valence-electron chi connectivity index (χ2n) is 6.45. The Morgan fingerprint density at radius 1 is 1.26 bits per heavy atom. The zero-order chi connectivity index (χ0) is 18.4. The van der Waals surface area contributed by atoms with Crippen LogP contribution in [0.2, 0.25) is 0 Å². The van der Waals surface area contributed by atoms with Gasteiger partial charge in [0.05, 0.1) is 24.6 Å². The van der Waals surface area contributed by atoms with Gasteiger partial charge in [-0.05, 0) is 30.0 Å². The second-order valence-corrected chi connectivity index (χ2v) is 6.45. The Morgan fingerprint density at radius 2 is 2.15 bits per heavy atom. The van der Waals surface area contributed by atoms with E-state index in [1.54, 1.807) is 6.26 Å². The van der Waals surface area contributed by atoms with Gasteiger partial charge in [-0.1, -0.05) is 17.3 Å². The third-order valence-electron chi connectivity index (χ3n) is 4.83. The van der Waals surface area contributed by atoms with Crippen molar-refractivity contribution in [1.82, 2.24) is 24.8 Å². The Labute approximate surface area is 152 Å². The van der Waals surface area contributed by atoms with Crippen LogP contribution in [-0.4, -0.2) is 25.4 Å². The minimum atomic E-state index is -0.527. The van der Waals surface area contributed by atoms with Crippen LogP contribution in [0.4, 0.5) is 4.39 Å². The highest BCUT2D eigenvalue weighted by Gasteiger charge is 2.26. The molecule has 5 rings (SSSR count). The molecule has 7 nitrogen and oxygen atoms in total. The summed E-state index contributed by atoms with van der Waals surface area (Å²) in [6, 6.07) is 7.76. The van der Waals surface area contributed by atoms with Crippen LogP contribution in [0.3, 0.4) is 0 Å². The van der Waals surface area contributed by atoms with E-state index >= 15 is 0 Å². The van der Waals surface area contributed by atoms with Crippen LogP contribution in [0.25, 0.3) is 17.0 Å². The first kappa shape index (κ1) is 15.7. The first-order chi connectivity index (χ1) is 13.2. The summed E-state index contributed by atoms with van der Waals surface area (Å²) in [7, 11) is 0. The lowest BCUT2D eigenvalue weighted by Gasteiger charge is -2.14. The van der Waals surface area contributed by atoms with E-state index in [2.05, 4.69) is 26.5 Å². The Bertz CT molecular complexity index is 1150. The number of aryl methyl sites for hydroxylation is 1. The Morgan fingerprint density at radius 3 is 3.00 bits per heavy atom. The van der Waals surface area contributed by atoms with Gasteiger partial charge < -0.3 is 9.84 Å². The van der Waals surface area contributed by atoms with Crippen LogP contribution >= 0.6 is 0 Å². The average molecular weight is 363 g/mol. The maximum atomic E-state index is 13.5. The van der Waals surface area contributed by atoms with Gasteiger partial charge in [0.15, 0.2) is 5.82 Å². The number of nitrogens with one attached hydrogen (secondary N) is 1. The van der Waals surface area contributed by atoms with E-state index in [0.717, 1.165) is 35.9 Å². The van der Waals surface area contributed by atoms with Crippen LogP contribution in [-0.2, 0) is 6.42 Å². The van der Waals surface area contributed by atoms with Crippen molar-refractivity contribution in [3.05, 3.63) is 71.8 Å². The Hall–Kier alpha value is -3.55. The summed E-state index contributed by atoms with van der Waals surface area (Å²) in [4.78, 5) is 20.6. The van der Waals surface area contributed by atoms with Gasteiger partial charge >= 0.3 is 0 Å². The number of hydrogen-bond donors (Lipinski definition) is 1. The molecule has 1 aromatic carbocycles. The maximum Gasteiger partial charge on any atom is 0.270 e. The lowest BCUT2D eigenvalue weighted by Crippen LogP contribution is -2.28. The number of halogens is 1. The van der Waals surface area contributed by atoms with Crippen molar-refractivity contribution in [2.75, 3.05) is 0 Å². The highest BCUT2D eigenvalue weighted by Crippen LogP contribution is 2.34. The maximum absolute atomic E-state index is 13.5. The minimum absolute atomic E-state index is 0.106. The zero-order valence-electron chi connectivity index (χ0n) is 14.1. The summed E-state index contributed by atoms with van der Waals surface area (Å²) < 4.78 is 19.7. The number of carbonyl (C=O) groups excluding carboxylic acids is 1. The molecule has 134 valence electrons. The van der Waals surface area contributed by atoms with Crippen molar-refractivity contribution in [2.24, 2.45) is 0 Å². The third kappa shape index (κ3) is 2.66. The van der Waals surface area contributed by atoms with Gasteiger partial charge in [0.2, 0.25) is 5.78 Å². The molecular weight excluding hydrogens is 349 g/mol. The van der Waals surface area contributed by atoms with Gasteiger partial charge in [-0.25, -0.2) is 14.4 Å². The molecule has 1 amide bonds. The molecule has 4 aromatic rings. The fourth-order valence-corrected chi connectivity index (χ4v) is 3.54. The van der Waals surface area contributed by atoms with Gasteiger partial charge in [0.1, 0.15) is 17.7 Å². The van der Waals surface area contributed by atoms with Crippen molar-refractivity contribution >= 4 is 11.7 Å². The molecule has 1 aliphatic rings. The van der Waals surface area contributed by atoms with E-state index in [4.69, 9.17) is 4.52 Å². The fraction of sp³-hybridized carbons (Fsp3) is 0.158. The van der Waals surface area contributed by atoms with Crippen molar-refractivity contribution in [3.8, 4) is 11.3 Å². The first-order valence-corrected chi connectivity index (χ1v) is 8.52. The number of fused-ring (bicyclic) bond motifs is 2. The van der Waals surface area contributed by atoms with Crippen LogP contribution in [0.15, 0.2) is 53.6 Å². The molecule has 0 fully saturated rings. The van der Waals surface area contributed by atoms with Gasteiger partial charge in [0, 0.05) is 11.6 Å². The number of nitrogens with zero attached hydrogens (tertiary/aromatic N) is 4. The molecule has 3 heterocycles. The molecule has 1 atom stereocenters. The number of imidazole rings is 1. The van der Waals surface area contributed by atoms with Crippen LogP contribution in [0.1, 0.15) is 34.1 Å². The van der Waals surface area contributed by atoms with E-state index in [9.17, 15) is 9.18 Å². The van der Waals surface area contributed by atoms with Crippen LogP contribution < -0.4 is 5.32 Å². The monoisotopic (exact) mass is 363 g/mol. The molecule has 1 aliphatic carbocycles. The van der Waals surface area contributed by atoms with Gasteiger partial charge in [-0.3, -0.25) is 9.20 Å². The lowest BCUT2D eigenvalue weighted by molar-refractivity contribution is 0.0930. The summed E-state index contributed by atoms with van der Waals surface area (Å²) >= 11 is 0. The number of amides is 1. The van der Waals surface area contributed by atoms with Crippen molar-refractivity contribution in [3.63, 3.8) is 0 Å². The molecule has 3 aromatic heterocycles. The molecule has 0 radical (unpaired) electrons. The standard InChI is InChI=1S/C19H14FN5O2/c20-13-8-21-19-22-9-17(25(19)10-13)18(26)23-16-4-2-11-7-12(1-3-14(11)16)15-5-6-27-24-15/h1,3,5-10,16H,2,4H2,(H,23,26)/t16-/m1/s1. The summed E-state index contributed by atoms with van der Waals surface area (Å²) in [5.41, 5.74) is 4.27. The second kappa shape index (κ2) is 6.01. The lowest BCUT2D eigenvalue weighted by atomic mass is 10.0. The molecule has 0 saturated heterocycles. The number of aromatic nitrogens is 4. The number of benzene rings is 1. The summed E-state index contributed by atoms with van der Waals surface area (Å²) in [6.45, 7) is 0. The van der Waals surface area contributed by atoms with Crippen LogP contribution in [0.5, 0.6) is 0 Å². The molecule has 0 aliphatic heterocycles. The summed E-state index contributed by atoms with van der Waals surface area (Å²) in [6.07, 6.45) is 6.88. The molecular formula is C19H14FN5O2. The number of hydrogen-bond acceptors (Lipinski definition) is 5. The van der Waals surface area contributed by atoms with Gasteiger partial charge in [0.25, 0.3) is 5.91 Å². The van der Waals surface area contributed by atoms with Crippen molar-refractivity contribution in [2.45, 2.75) is 18.9 Å². The number of rotatable bonds is 3. The zero-order valence-corrected chi connectivity index (χ0v) is 14.1. The molecule has 8 heteroatoms. The third-order valence-corrected chi connectivity index (χ3v) is 4.83.